The monoisotopic (exact) mass is 485 g/mol. The predicted molar refractivity (Wildman–Crippen MR) is 118 cm³/mol. The summed E-state index contributed by atoms with van der Waals surface area (Å²) in [6.45, 7) is 0. The number of hydrogen-bond donors (Lipinski definition) is 1. The van der Waals surface area contributed by atoms with E-state index in [4.69, 9.17) is 27.6 Å². The highest BCUT2D eigenvalue weighted by Crippen LogP contribution is 2.36. The summed E-state index contributed by atoms with van der Waals surface area (Å²) in [5.41, 5.74) is 0.862. The molecule has 0 aliphatic carbocycles. The first-order chi connectivity index (χ1) is 14.0. The predicted octanol–water partition coefficient (Wildman–Crippen LogP) is 6.32. The van der Waals surface area contributed by atoms with Crippen molar-refractivity contribution in [2.45, 2.75) is 0 Å². The highest BCUT2D eigenvalue weighted by Gasteiger charge is 2.14. The molecule has 142 valence electrons. The molecule has 29 heavy (non-hydrogen) atoms. The number of aromatic amines is 1. The van der Waals surface area contributed by atoms with Crippen LogP contribution in [0.5, 0.6) is 0 Å². The quantitative estimate of drug-likeness (QED) is 0.343. The first-order valence-corrected chi connectivity index (χ1v) is 9.87. The van der Waals surface area contributed by atoms with Gasteiger partial charge in [0.05, 0.1) is 32.1 Å². The summed E-state index contributed by atoms with van der Waals surface area (Å²) in [5.74, 6) is 1.01. The lowest BCUT2D eigenvalue weighted by atomic mass is 10.2. The molecule has 0 spiro atoms. The minimum atomic E-state index is -0.338. The van der Waals surface area contributed by atoms with Crippen molar-refractivity contribution in [2.75, 3.05) is 0 Å². The normalized spacial score (nSPS) is 11.6. The smallest absolute Gasteiger partial charge is 0.259 e. The van der Waals surface area contributed by atoms with Crippen LogP contribution in [0.25, 0.3) is 33.9 Å². The fraction of sp³-hybridized carbons (Fsp3) is 0. The SMILES string of the molecule is N#C/C(=C\c1ccc(-c2c(Cl)cccc2Cl)o1)c1nc2ccc(Br)cc2c(=O)[nH]1. The first kappa shape index (κ1) is 19.5. The van der Waals surface area contributed by atoms with E-state index in [1.165, 1.54) is 6.08 Å². The summed E-state index contributed by atoms with van der Waals surface area (Å²) in [6.07, 6.45) is 1.50. The Morgan fingerprint density at radius 2 is 1.93 bits per heavy atom. The highest BCUT2D eigenvalue weighted by atomic mass is 79.9. The van der Waals surface area contributed by atoms with Gasteiger partial charge in [-0.2, -0.15) is 5.26 Å². The molecule has 0 saturated carbocycles. The Labute approximate surface area is 183 Å². The first-order valence-electron chi connectivity index (χ1n) is 8.32. The van der Waals surface area contributed by atoms with E-state index in [0.29, 0.717) is 38.0 Å². The number of hydrogen-bond acceptors (Lipinski definition) is 4. The molecule has 0 bridgehead atoms. The summed E-state index contributed by atoms with van der Waals surface area (Å²) in [5, 5.41) is 10.9. The lowest BCUT2D eigenvalue weighted by Crippen LogP contribution is -2.11. The number of benzene rings is 2. The van der Waals surface area contributed by atoms with Crippen LogP contribution in [0.2, 0.25) is 10.0 Å². The zero-order chi connectivity index (χ0) is 20.5. The number of H-pyrrole nitrogens is 1. The van der Waals surface area contributed by atoms with Gasteiger partial charge in [-0.25, -0.2) is 4.98 Å². The number of rotatable bonds is 3. The van der Waals surface area contributed by atoms with E-state index < -0.39 is 0 Å². The molecule has 2 heterocycles. The number of nitrogens with one attached hydrogen (secondary N) is 1. The molecular weight excluding hydrogens is 477 g/mol. The second-order valence-electron chi connectivity index (χ2n) is 6.04. The third kappa shape index (κ3) is 3.85. The van der Waals surface area contributed by atoms with Crippen LogP contribution < -0.4 is 5.56 Å². The molecule has 0 atom stereocenters. The van der Waals surface area contributed by atoms with E-state index in [0.717, 1.165) is 4.47 Å². The van der Waals surface area contributed by atoms with Gasteiger partial charge in [-0.3, -0.25) is 4.79 Å². The van der Waals surface area contributed by atoms with Crippen LogP contribution in [-0.4, -0.2) is 9.97 Å². The second-order valence-corrected chi connectivity index (χ2v) is 7.77. The van der Waals surface area contributed by atoms with Crippen LogP contribution in [0.15, 0.2) is 62.2 Å². The molecule has 0 saturated heterocycles. The van der Waals surface area contributed by atoms with Crippen molar-refractivity contribution in [3.8, 4) is 17.4 Å². The van der Waals surface area contributed by atoms with E-state index in [9.17, 15) is 10.1 Å². The van der Waals surface area contributed by atoms with Gasteiger partial charge in [0.1, 0.15) is 17.6 Å². The van der Waals surface area contributed by atoms with Crippen molar-refractivity contribution in [3.63, 3.8) is 0 Å². The van der Waals surface area contributed by atoms with Crippen LogP contribution in [0.4, 0.5) is 0 Å². The Morgan fingerprint density at radius 1 is 1.17 bits per heavy atom. The van der Waals surface area contributed by atoms with Crippen molar-refractivity contribution in [3.05, 3.63) is 85.0 Å². The standard InChI is InChI=1S/C21H10BrCl2N3O2/c22-12-4-6-17-14(9-12)21(28)27-20(26-17)11(10-25)8-13-5-7-18(29-13)19-15(23)2-1-3-16(19)24/h1-9H,(H,26,27,28)/b11-8+. The summed E-state index contributed by atoms with van der Waals surface area (Å²) < 4.78 is 6.56. The van der Waals surface area contributed by atoms with Crippen LogP contribution in [0.3, 0.4) is 0 Å². The minimum absolute atomic E-state index is 0.151. The largest absolute Gasteiger partial charge is 0.457 e. The maximum Gasteiger partial charge on any atom is 0.259 e. The fourth-order valence-corrected chi connectivity index (χ4v) is 3.78. The molecular formula is C21H10BrCl2N3O2. The minimum Gasteiger partial charge on any atom is -0.457 e. The molecule has 8 heteroatoms. The zero-order valence-corrected chi connectivity index (χ0v) is 17.6. The molecule has 0 fully saturated rings. The average Bonchev–Trinajstić information content (AvgIpc) is 3.14. The lowest BCUT2D eigenvalue weighted by Gasteiger charge is -2.03. The molecule has 0 aliphatic rings. The Balaban J connectivity index is 1.77. The average molecular weight is 487 g/mol. The molecule has 1 N–H and O–H groups in total. The van der Waals surface area contributed by atoms with Gasteiger partial charge in [-0.05, 0) is 42.5 Å². The number of allylic oxidation sites excluding steroid dienone is 1. The Hall–Kier alpha value is -2.85. The number of nitrogens with zero attached hydrogens (tertiary/aromatic N) is 2. The lowest BCUT2D eigenvalue weighted by molar-refractivity contribution is 0.572. The van der Waals surface area contributed by atoms with Crippen molar-refractivity contribution >= 4 is 61.7 Å². The van der Waals surface area contributed by atoms with Crippen molar-refractivity contribution in [2.24, 2.45) is 0 Å². The Kier molecular flexibility index (Phi) is 5.29. The Bertz CT molecular complexity index is 1360. The number of aromatic nitrogens is 2. The Morgan fingerprint density at radius 3 is 2.66 bits per heavy atom. The number of nitriles is 1. The maximum absolute atomic E-state index is 12.4. The number of furan rings is 1. The van der Waals surface area contributed by atoms with Crippen LogP contribution in [0.1, 0.15) is 11.6 Å². The molecule has 2 aromatic carbocycles. The van der Waals surface area contributed by atoms with Gasteiger partial charge in [0.25, 0.3) is 5.56 Å². The maximum atomic E-state index is 12.4. The van der Waals surface area contributed by atoms with Gasteiger partial charge >= 0.3 is 0 Å². The van der Waals surface area contributed by atoms with Crippen LogP contribution in [-0.2, 0) is 0 Å². The molecule has 0 amide bonds. The molecule has 4 aromatic rings. The van der Waals surface area contributed by atoms with E-state index in [1.807, 2.05) is 6.07 Å². The molecule has 0 unspecified atom stereocenters. The van der Waals surface area contributed by atoms with Gasteiger partial charge in [0, 0.05) is 10.5 Å². The van der Waals surface area contributed by atoms with E-state index in [2.05, 4.69) is 25.9 Å². The zero-order valence-electron chi connectivity index (χ0n) is 14.5. The van der Waals surface area contributed by atoms with Gasteiger partial charge in [0.15, 0.2) is 5.82 Å². The number of fused-ring (bicyclic) bond motifs is 1. The molecule has 2 aromatic heterocycles. The summed E-state index contributed by atoms with van der Waals surface area (Å²) in [6, 6.07) is 15.8. The van der Waals surface area contributed by atoms with Crippen molar-refractivity contribution in [1.82, 2.24) is 9.97 Å². The van der Waals surface area contributed by atoms with Crippen LogP contribution in [0, 0.1) is 11.3 Å². The summed E-state index contributed by atoms with van der Waals surface area (Å²) in [7, 11) is 0. The number of halogens is 3. The topological polar surface area (TPSA) is 82.7 Å². The van der Waals surface area contributed by atoms with E-state index >= 15 is 0 Å². The molecule has 5 nitrogen and oxygen atoms in total. The second kappa shape index (κ2) is 7.88. The van der Waals surface area contributed by atoms with Gasteiger partial charge in [0.2, 0.25) is 0 Å². The van der Waals surface area contributed by atoms with Gasteiger partial charge in [-0.15, -0.1) is 0 Å². The van der Waals surface area contributed by atoms with Gasteiger partial charge < -0.3 is 9.40 Å². The van der Waals surface area contributed by atoms with Crippen molar-refractivity contribution in [1.29, 1.82) is 5.26 Å². The summed E-state index contributed by atoms with van der Waals surface area (Å²) in [4.78, 5) is 19.4. The third-order valence-corrected chi connectivity index (χ3v) is 5.29. The van der Waals surface area contributed by atoms with Crippen molar-refractivity contribution < 1.29 is 4.42 Å². The van der Waals surface area contributed by atoms with Crippen LogP contribution >= 0.6 is 39.1 Å². The molecule has 0 radical (unpaired) electrons. The highest BCUT2D eigenvalue weighted by molar-refractivity contribution is 9.10. The van der Waals surface area contributed by atoms with E-state index in [1.54, 1.807) is 48.5 Å². The molecule has 0 aliphatic heterocycles. The molecule has 4 rings (SSSR count). The summed E-state index contributed by atoms with van der Waals surface area (Å²) >= 11 is 15.8. The van der Waals surface area contributed by atoms with E-state index in [-0.39, 0.29) is 17.0 Å². The fourth-order valence-electron chi connectivity index (χ4n) is 2.83. The van der Waals surface area contributed by atoms with Gasteiger partial charge in [-0.1, -0.05) is 45.2 Å². The third-order valence-electron chi connectivity index (χ3n) is 4.17.